The van der Waals surface area contributed by atoms with Crippen LogP contribution in [0.2, 0.25) is 0 Å². The molecule has 1 rings (SSSR count). The number of thiazole rings is 1. The van der Waals surface area contributed by atoms with Crippen LogP contribution in [-0.4, -0.2) is 11.0 Å². The van der Waals surface area contributed by atoms with E-state index in [9.17, 15) is 0 Å². The maximum Gasteiger partial charge on any atom is 0.0962 e. The SMILES string of the molecule is CCC(C)NCc1sc(C(CC)CC)nc1C(C)C. The number of nitrogens with zero attached hydrogens (tertiary/aromatic N) is 1. The van der Waals surface area contributed by atoms with Gasteiger partial charge in [-0.15, -0.1) is 11.3 Å². The molecule has 0 radical (unpaired) electrons. The first-order valence-corrected chi connectivity index (χ1v) is 8.57. The first-order valence-electron chi connectivity index (χ1n) is 7.76. The summed E-state index contributed by atoms with van der Waals surface area (Å²) in [5.74, 6) is 1.16. The molecule has 110 valence electrons. The van der Waals surface area contributed by atoms with E-state index < -0.39 is 0 Å². The van der Waals surface area contributed by atoms with Gasteiger partial charge in [0, 0.05) is 23.4 Å². The molecule has 1 atom stereocenters. The van der Waals surface area contributed by atoms with Crippen molar-refractivity contribution in [1.29, 1.82) is 0 Å². The molecule has 0 amide bonds. The van der Waals surface area contributed by atoms with Crippen LogP contribution in [0.3, 0.4) is 0 Å². The molecule has 1 unspecified atom stereocenters. The lowest BCUT2D eigenvalue weighted by Crippen LogP contribution is -2.24. The fourth-order valence-corrected chi connectivity index (χ4v) is 3.62. The molecule has 0 saturated heterocycles. The van der Waals surface area contributed by atoms with E-state index in [0.717, 1.165) is 6.54 Å². The summed E-state index contributed by atoms with van der Waals surface area (Å²) in [5.41, 5.74) is 1.31. The van der Waals surface area contributed by atoms with Crippen molar-refractivity contribution in [2.45, 2.75) is 85.2 Å². The van der Waals surface area contributed by atoms with E-state index in [1.54, 1.807) is 0 Å². The summed E-state index contributed by atoms with van der Waals surface area (Å²) in [6, 6.07) is 0.582. The van der Waals surface area contributed by atoms with Crippen LogP contribution in [0, 0.1) is 0 Å². The lowest BCUT2D eigenvalue weighted by Gasteiger charge is -2.11. The van der Waals surface area contributed by atoms with Crippen molar-refractivity contribution < 1.29 is 0 Å². The van der Waals surface area contributed by atoms with Gasteiger partial charge >= 0.3 is 0 Å². The highest BCUT2D eigenvalue weighted by atomic mass is 32.1. The predicted octanol–water partition coefficient (Wildman–Crippen LogP) is 5.06. The Kier molecular flexibility index (Phi) is 7.01. The second-order valence-corrected chi connectivity index (χ2v) is 6.83. The summed E-state index contributed by atoms with van der Waals surface area (Å²) in [6.07, 6.45) is 3.56. The molecule has 1 heterocycles. The lowest BCUT2D eigenvalue weighted by atomic mass is 10.0. The Morgan fingerprint density at radius 2 is 1.68 bits per heavy atom. The molecule has 0 saturated carbocycles. The Hall–Kier alpha value is -0.410. The second-order valence-electron chi connectivity index (χ2n) is 5.72. The molecule has 1 N–H and O–H groups in total. The van der Waals surface area contributed by atoms with E-state index in [1.807, 2.05) is 11.3 Å². The molecule has 0 aromatic carbocycles. The van der Waals surface area contributed by atoms with Gasteiger partial charge in [0.25, 0.3) is 0 Å². The fourth-order valence-electron chi connectivity index (χ4n) is 2.18. The molecule has 0 fully saturated rings. The molecule has 19 heavy (non-hydrogen) atoms. The second kappa shape index (κ2) is 8.01. The summed E-state index contributed by atoms with van der Waals surface area (Å²) < 4.78 is 0. The Morgan fingerprint density at radius 3 is 2.16 bits per heavy atom. The maximum absolute atomic E-state index is 4.93. The van der Waals surface area contributed by atoms with Gasteiger partial charge in [0.05, 0.1) is 10.7 Å². The van der Waals surface area contributed by atoms with Crippen molar-refractivity contribution in [2.75, 3.05) is 0 Å². The Morgan fingerprint density at radius 1 is 1.05 bits per heavy atom. The minimum Gasteiger partial charge on any atom is -0.309 e. The van der Waals surface area contributed by atoms with Crippen molar-refractivity contribution in [1.82, 2.24) is 10.3 Å². The van der Waals surface area contributed by atoms with Gasteiger partial charge in [-0.25, -0.2) is 4.98 Å². The van der Waals surface area contributed by atoms with Crippen molar-refractivity contribution in [3.8, 4) is 0 Å². The number of nitrogens with one attached hydrogen (secondary N) is 1. The molecule has 0 spiro atoms. The number of rotatable bonds is 8. The third-order valence-electron chi connectivity index (χ3n) is 3.85. The van der Waals surface area contributed by atoms with E-state index in [2.05, 4.69) is 46.9 Å². The van der Waals surface area contributed by atoms with Gasteiger partial charge in [-0.05, 0) is 32.1 Å². The monoisotopic (exact) mass is 282 g/mol. The van der Waals surface area contributed by atoms with Crippen LogP contribution in [0.1, 0.15) is 88.2 Å². The van der Waals surface area contributed by atoms with E-state index in [0.29, 0.717) is 17.9 Å². The molecular weight excluding hydrogens is 252 g/mol. The standard InChI is InChI=1S/C16H30N2S/c1-7-12(6)17-10-14-15(11(4)5)18-16(19-14)13(8-2)9-3/h11-13,17H,7-10H2,1-6H3. The molecule has 0 aliphatic carbocycles. The quantitative estimate of drug-likeness (QED) is 0.721. The molecule has 0 aliphatic heterocycles. The highest BCUT2D eigenvalue weighted by Crippen LogP contribution is 2.32. The molecule has 1 aromatic heterocycles. The maximum atomic E-state index is 4.93. The van der Waals surface area contributed by atoms with Crippen molar-refractivity contribution in [3.05, 3.63) is 15.6 Å². The minimum atomic E-state index is 0.521. The third-order valence-corrected chi connectivity index (χ3v) is 5.08. The molecule has 0 bridgehead atoms. The fraction of sp³-hybridized carbons (Fsp3) is 0.812. The lowest BCUT2D eigenvalue weighted by molar-refractivity contribution is 0.534. The summed E-state index contributed by atoms with van der Waals surface area (Å²) in [5, 5.41) is 4.94. The van der Waals surface area contributed by atoms with Gasteiger partial charge in [-0.1, -0.05) is 34.6 Å². The third kappa shape index (κ3) is 4.57. The average Bonchev–Trinajstić information content (AvgIpc) is 2.81. The largest absolute Gasteiger partial charge is 0.309 e. The molecule has 3 heteroatoms. The van der Waals surface area contributed by atoms with E-state index >= 15 is 0 Å². The van der Waals surface area contributed by atoms with Gasteiger partial charge in [-0.2, -0.15) is 0 Å². The topological polar surface area (TPSA) is 24.9 Å². The van der Waals surface area contributed by atoms with Gasteiger partial charge in [-0.3, -0.25) is 0 Å². The Labute approximate surface area is 123 Å². The van der Waals surface area contributed by atoms with Crippen LogP contribution in [0.5, 0.6) is 0 Å². The zero-order valence-corrected chi connectivity index (χ0v) is 14.2. The van der Waals surface area contributed by atoms with Crippen molar-refractivity contribution in [2.24, 2.45) is 0 Å². The predicted molar refractivity (Wildman–Crippen MR) is 86.1 cm³/mol. The zero-order valence-electron chi connectivity index (χ0n) is 13.4. The van der Waals surface area contributed by atoms with Gasteiger partial charge in [0.15, 0.2) is 0 Å². The normalized spacial score (nSPS) is 13.5. The van der Waals surface area contributed by atoms with Crippen LogP contribution in [0.25, 0.3) is 0 Å². The van der Waals surface area contributed by atoms with Crippen LogP contribution >= 0.6 is 11.3 Å². The molecular formula is C16H30N2S. The Bertz CT molecular complexity index is 367. The van der Waals surface area contributed by atoms with E-state index in [4.69, 9.17) is 4.98 Å². The smallest absolute Gasteiger partial charge is 0.0962 e. The number of hydrogen-bond acceptors (Lipinski definition) is 3. The van der Waals surface area contributed by atoms with Gasteiger partial charge < -0.3 is 5.32 Å². The highest BCUT2D eigenvalue weighted by Gasteiger charge is 2.18. The van der Waals surface area contributed by atoms with Crippen molar-refractivity contribution in [3.63, 3.8) is 0 Å². The average molecular weight is 282 g/mol. The van der Waals surface area contributed by atoms with Gasteiger partial charge in [0.1, 0.15) is 0 Å². The Balaban J connectivity index is 2.88. The first-order chi connectivity index (χ1) is 9.03. The molecule has 2 nitrogen and oxygen atoms in total. The minimum absolute atomic E-state index is 0.521. The van der Waals surface area contributed by atoms with Crippen LogP contribution in [0.4, 0.5) is 0 Å². The van der Waals surface area contributed by atoms with Crippen LogP contribution in [0.15, 0.2) is 0 Å². The number of hydrogen-bond donors (Lipinski definition) is 1. The summed E-state index contributed by atoms with van der Waals surface area (Å²) in [7, 11) is 0. The zero-order chi connectivity index (χ0) is 14.4. The highest BCUT2D eigenvalue weighted by molar-refractivity contribution is 7.11. The van der Waals surface area contributed by atoms with Gasteiger partial charge in [0.2, 0.25) is 0 Å². The van der Waals surface area contributed by atoms with Crippen LogP contribution < -0.4 is 5.32 Å². The van der Waals surface area contributed by atoms with E-state index in [-0.39, 0.29) is 0 Å². The van der Waals surface area contributed by atoms with Crippen LogP contribution in [-0.2, 0) is 6.54 Å². The first kappa shape index (κ1) is 16.6. The molecule has 0 aliphatic rings. The van der Waals surface area contributed by atoms with E-state index in [1.165, 1.54) is 34.8 Å². The summed E-state index contributed by atoms with van der Waals surface area (Å²) >= 11 is 1.92. The molecule has 1 aromatic rings. The summed E-state index contributed by atoms with van der Waals surface area (Å²) in [6.45, 7) is 14.5. The van der Waals surface area contributed by atoms with Crippen molar-refractivity contribution >= 4 is 11.3 Å². The number of aromatic nitrogens is 1. The summed E-state index contributed by atoms with van der Waals surface area (Å²) in [4.78, 5) is 6.38.